The van der Waals surface area contributed by atoms with Gasteiger partial charge in [-0.1, -0.05) is 38.5 Å². The van der Waals surface area contributed by atoms with Crippen molar-refractivity contribution in [3.05, 3.63) is 30.3 Å². The van der Waals surface area contributed by atoms with Gasteiger partial charge in [0.25, 0.3) is 0 Å². The van der Waals surface area contributed by atoms with E-state index in [-0.39, 0.29) is 23.9 Å². The van der Waals surface area contributed by atoms with E-state index in [2.05, 4.69) is 37.1 Å². The number of rotatable bonds is 8. The summed E-state index contributed by atoms with van der Waals surface area (Å²) in [5.74, 6) is 0.823. The van der Waals surface area contributed by atoms with Crippen LogP contribution in [0, 0.1) is 5.92 Å². The molecule has 1 rings (SSSR count). The van der Waals surface area contributed by atoms with E-state index in [0.29, 0.717) is 12.3 Å². The third-order valence-electron chi connectivity index (χ3n) is 3.37. The lowest BCUT2D eigenvalue weighted by atomic mass is 9.98. The van der Waals surface area contributed by atoms with Gasteiger partial charge >= 0.3 is 0 Å². The molecule has 4 nitrogen and oxygen atoms in total. The summed E-state index contributed by atoms with van der Waals surface area (Å²) >= 11 is 4.16. The Balaban J connectivity index is 2.64. The first-order valence-corrected chi connectivity index (χ1v) is 7.67. The molecule has 1 amide bonds. The topological polar surface area (TPSA) is 67.1 Å². The van der Waals surface area contributed by atoms with E-state index in [1.165, 1.54) is 0 Å². The third kappa shape index (κ3) is 5.53. The largest absolute Gasteiger partial charge is 0.326 e. The van der Waals surface area contributed by atoms with E-state index in [1.807, 2.05) is 30.3 Å². The van der Waals surface area contributed by atoms with Gasteiger partial charge in [0.15, 0.2) is 0 Å². The van der Waals surface area contributed by atoms with E-state index in [0.717, 1.165) is 12.1 Å². The van der Waals surface area contributed by atoms with Gasteiger partial charge in [-0.3, -0.25) is 4.79 Å². The predicted octanol–water partition coefficient (Wildman–Crippen LogP) is 1.89. The minimum atomic E-state index is -0.244. The maximum absolute atomic E-state index is 12.4. The monoisotopic (exact) mass is 295 g/mol. The molecule has 0 aromatic heterocycles. The molecule has 0 saturated carbocycles. The zero-order valence-corrected chi connectivity index (χ0v) is 13.1. The number of benzene rings is 1. The maximum atomic E-state index is 12.4. The van der Waals surface area contributed by atoms with E-state index in [9.17, 15) is 4.79 Å². The second-order valence-corrected chi connectivity index (χ2v) is 5.43. The van der Waals surface area contributed by atoms with Crippen molar-refractivity contribution in [2.75, 3.05) is 17.6 Å². The summed E-state index contributed by atoms with van der Waals surface area (Å²) in [4.78, 5) is 12.4. The molecule has 0 spiro atoms. The van der Waals surface area contributed by atoms with Crippen molar-refractivity contribution in [2.45, 2.75) is 32.4 Å². The molecule has 0 heterocycles. The molecule has 0 bridgehead atoms. The lowest BCUT2D eigenvalue weighted by Crippen LogP contribution is -2.49. The van der Waals surface area contributed by atoms with Crippen LogP contribution in [0.2, 0.25) is 0 Å². The number of para-hydroxylation sites is 1. The van der Waals surface area contributed by atoms with Gasteiger partial charge in [0, 0.05) is 24.0 Å². The standard InChI is InChI=1S/C15H25N3OS/c1-3-11(2)14(17-9-12(16)10-20)15(19)18-13-7-5-4-6-8-13/h4-8,11-12,14,17,20H,3,9-10,16H2,1-2H3,(H,18,19)/t11-,12+,14-/m0/s1. The van der Waals surface area contributed by atoms with Gasteiger partial charge in [0.05, 0.1) is 6.04 Å². The fourth-order valence-electron chi connectivity index (χ4n) is 1.87. The van der Waals surface area contributed by atoms with Crippen molar-refractivity contribution in [1.82, 2.24) is 5.32 Å². The van der Waals surface area contributed by atoms with E-state index in [1.54, 1.807) is 0 Å². The number of carbonyl (C=O) groups is 1. The van der Waals surface area contributed by atoms with Crippen LogP contribution in [0.4, 0.5) is 5.69 Å². The number of nitrogens with one attached hydrogen (secondary N) is 2. The van der Waals surface area contributed by atoms with Crippen molar-refractivity contribution in [1.29, 1.82) is 0 Å². The Morgan fingerprint density at radius 2 is 2.00 bits per heavy atom. The average molecular weight is 295 g/mol. The SMILES string of the molecule is CC[C@H](C)[C@H](NC[C@@H](N)CS)C(=O)Nc1ccccc1. The van der Waals surface area contributed by atoms with Gasteiger partial charge in [0.1, 0.15) is 0 Å². The molecule has 0 aliphatic carbocycles. The number of amides is 1. The molecular weight excluding hydrogens is 270 g/mol. The molecular formula is C15H25N3OS. The van der Waals surface area contributed by atoms with Crippen LogP contribution in [0.25, 0.3) is 0 Å². The highest BCUT2D eigenvalue weighted by atomic mass is 32.1. The predicted molar refractivity (Wildman–Crippen MR) is 88.1 cm³/mol. The molecule has 0 aliphatic rings. The molecule has 1 aromatic carbocycles. The first-order chi connectivity index (χ1) is 9.58. The van der Waals surface area contributed by atoms with Crippen LogP contribution in [0.1, 0.15) is 20.3 Å². The Bertz CT molecular complexity index is 399. The van der Waals surface area contributed by atoms with Crippen molar-refractivity contribution in [3.8, 4) is 0 Å². The lowest BCUT2D eigenvalue weighted by Gasteiger charge is -2.25. The fourth-order valence-corrected chi connectivity index (χ4v) is 2.00. The maximum Gasteiger partial charge on any atom is 0.241 e. The second kappa shape index (κ2) is 9.00. The zero-order chi connectivity index (χ0) is 15.0. The fraction of sp³-hybridized carbons (Fsp3) is 0.533. The number of hydrogen-bond donors (Lipinski definition) is 4. The Morgan fingerprint density at radius 1 is 1.35 bits per heavy atom. The number of carbonyl (C=O) groups excluding carboxylic acids is 1. The number of thiol groups is 1. The van der Waals surface area contributed by atoms with E-state index in [4.69, 9.17) is 5.73 Å². The number of hydrogen-bond acceptors (Lipinski definition) is 4. The number of anilines is 1. The van der Waals surface area contributed by atoms with Crippen molar-refractivity contribution >= 4 is 24.2 Å². The summed E-state index contributed by atoms with van der Waals surface area (Å²) in [6.45, 7) is 4.73. The van der Waals surface area contributed by atoms with Gasteiger partial charge in [-0.25, -0.2) is 0 Å². The van der Waals surface area contributed by atoms with Crippen molar-refractivity contribution < 1.29 is 4.79 Å². The van der Waals surface area contributed by atoms with Crippen molar-refractivity contribution in [2.24, 2.45) is 11.7 Å². The highest BCUT2D eigenvalue weighted by molar-refractivity contribution is 7.80. The molecule has 20 heavy (non-hydrogen) atoms. The minimum absolute atomic E-state index is 0.0167. The molecule has 0 fully saturated rings. The summed E-state index contributed by atoms with van der Waals surface area (Å²) in [7, 11) is 0. The summed E-state index contributed by atoms with van der Waals surface area (Å²) in [6, 6.07) is 9.19. The lowest BCUT2D eigenvalue weighted by molar-refractivity contribution is -0.119. The van der Waals surface area contributed by atoms with Crippen LogP contribution in [-0.2, 0) is 4.79 Å². The number of nitrogens with two attached hydrogens (primary N) is 1. The molecule has 5 heteroatoms. The van der Waals surface area contributed by atoms with Crippen LogP contribution in [0.3, 0.4) is 0 Å². The molecule has 112 valence electrons. The van der Waals surface area contributed by atoms with Gasteiger partial charge in [-0.15, -0.1) is 0 Å². The molecule has 0 aliphatic heterocycles. The molecule has 0 saturated heterocycles. The molecule has 4 N–H and O–H groups in total. The quantitative estimate of drug-likeness (QED) is 0.554. The van der Waals surface area contributed by atoms with E-state index < -0.39 is 0 Å². The Hall–Kier alpha value is -1.04. The second-order valence-electron chi connectivity index (χ2n) is 5.07. The van der Waals surface area contributed by atoms with Gasteiger partial charge < -0.3 is 16.4 Å². The highest BCUT2D eigenvalue weighted by Crippen LogP contribution is 2.12. The minimum Gasteiger partial charge on any atom is -0.326 e. The zero-order valence-electron chi connectivity index (χ0n) is 12.2. The molecule has 0 unspecified atom stereocenters. The summed E-state index contributed by atoms with van der Waals surface area (Å²) in [5.41, 5.74) is 6.66. The summed E-state index contributed by atoms with van der Waals surface area (Å²) < 4.78 is 0. The van der Waals surface area contributed by atoms with Crippen LogP contribution in [-0.4, -0.2) is 30.3 Å². The van der Waals surface area contributed by atoms with Gasteiger partial charge in [0.2, 0.25) is 5.91 Å². The van der Waals surface area contributed by atoms with Gasteiger partial charge in [-0.05, 0) is 18.1 Å². The first kappa shape index (κ1) is 17.0. The normalized spacial score (nSPS) is 15.4. The highest BCUT2D eigenvalue weighted by Gasteiger charge is 2.24. The van der Waals surface area contributed by atoms with Crippen LogP contribution < -0.4 is 16.4 Å². The first-order valence-electron chi connectivity index (χ1n) is 7.04. The molecule has 3 atom stereocenters. The molecule has 0 radical (unpaired) electrons. The summed E-state index contributed by atoms with van der Waals surface area (Å²) in [5, 5.41) is 6.19. The van der Waals surface area contributed by atoms with Gasteiger partial charge in [-0.2, -0.15) is 12.6 Å². The third-order valence-corrected chi connectivity index (χ3v) is 3.84. The van der Waals surface area contributed by atoms with Crippen LogP contribution in [0.15, 0.2) is 30.3 Å². The van der Waals surface area contributed by atoms with Crippen LogP contribution in [0.5, 0.6) is 0 Å². The van der Waals surface area contributed by atoms with Crippen molar-refractivity contribution in [3.63, 3.8) is 0 Å². The summed E-state index contributed by atoms with van der Waals surface area (Å²) in [6.07, 6.45) is 0.927. The van der Waals surface area contributed by atoms with Crippen LogP contribution >= 0.6 is 12.6 Å². The van der Waals surface area contributed by atoms with E-state index >= 15 is 0 Å². The smallest absolute Gasteiger partial charge is 0.241 e. The Morgan fingerprint density at radius 3 is 2.55 bits per heavy atom. The Kier molecular flexibility index (Phi) is 7.65. The molecule has 1 aromatic rings. The Labute approximate surface area is 126 Å². The average Bonchev–Trinajstić information content (AvgIpc) is 2.47.